The molecule has 0 saturated carbocycles. The van der Waals surface area contributed by atoms with Crippen molar-refractivity contribution in [2.24, 2.45) is 0 Å². The van der Waals surface area contributed by atoms with Crippen molar-refractivity contribution in [3.8, 4) is 11.5 Å². The molecule has 26 heavy (non-hydrogen) atoms. The Labute approximate surface area is 158 Å². The summed E-state index contributed by atoms with van der Waals surface area (Å²) in [6.45, 7) is 12.4. The minimum Gasteiger partial charge on any atom is -0.507 e. The zero-order valence-electron chi connectivity index (χ0n) is 17.2. The Bertz CT molecular complexity index is 670. The van der Waals surface area contributed by atoms with Crippen molar-refractivity contribution >= 4 is 0 Å². The molecule has 0 aromatic heterocycles. The third-order valence-electron chi connectivity index (χ3n) is 5.72. The van der Waals surface area contributed by atoms with Crippen LogP contribution >= 0.6 is 0 Å². The van der Waals surface area contributed by atoms with E-state index in [1.807, 2.05) is 27.7 Å². The Hall–Kier alpha value is -1.96. The number of aryl methyl sites for hydroxylation is 4. The molecular formula is C24H34O2. The topological polar surface area (TPSA) is 40.5 Å². The van der Waals surface area contributed by atoms with Crippen molar-refractivity contribution in [3.05, 3.63) is 57.6 Å². The summed E-state index contributed by atoms with van der Waals surface area (Å²) in [6, 6.07) is 8.63. The van der Waals surface area contributed by atoms with Crippen LogP contribution in [0.1, 0.15) is 79.3 Å². The number of aromatic hydroxyl groups is 2. The van der Waals surface area contributed by atoms with Gasteiger partial charge in [0.15, 0.2) is 0 Å². The van der Waals surface area contributed by atoms with Gasteiger partial charge in [-0.1, -0.05) is 57.4 Å². The number of benzene rings is 2. The van der Waals surface area contributed by atoms with Crippen molar-refractivity contribution in [3.63, 3.8) is 0 Å². The van der Waals surface area contributed by atoms with E-state index in [9.17, 15) is 10.2 Å². The van der Waals surface area contributed by atoms with Gasteiger partial charge in [0.05, 0.1) is 0 Å². The van der Waals surface area contributed by atoms with Gasteiger partial charge in [-0.3, -0.25) is 0 Å². The highest BCUT2D eigenvalue weighted by molar-refractivity contribution is 5.52. The van der Waals surface area contributed by atoms with Crippen LogP contribution in [0.15, 0.2) is 24.3 Å². The van der Waals surface area contributed by atoms with E-state index in [2.05, 4.69) is 38.1 Å². The van der Waals surface area contributed by atoms with Crippen LogP contribution in [0.25, 0.3) is 0 Å². The smallest absolute Gasteiger partial charge is 0.121 e. The predicted octanol–water partition coefficient (Wildman–Crippen LogP) is 6.61. The van der Waals surface area contributed by atoms with Crippen molar-refractivity contribution in [1.29, 1.82) is 0 Å². The van der Waals surface area contributed by atoms with E-state index in [0.717, 1.165) is 54.4 Å². The number of hydrogen-bond acceptors (Lipinski definition) is 2. The molecule has 0 atom stereocenters. The van der Waals surface area contributed by atoms with E-state index in [-0.39, 0.29) is 5.41 Å². The van der Waals surface area contributed by atoms with Gasteiger partial charge in [-0.2, -0.15) is 0 Å². The van der Waals surface area contributed by atoms with Gasteiger partial charge >= 0.3 is 0 Å². The van der Waals surface area contributed by atoms with Crippen LogP contribution in [0.2, 0.25) is 0 Å². The molecule has 2 rings (SSSR count). The molecule has 0 unspecified atom stereocenters. The normalized spacial score (nSPS) is 11.8. The maximum atomic E-state index is 10.3. The quantitative estimate of drug-likeness (QED) is 0.587. The summed E-state index contributed by atoms with van der Waals surface area (Å²) in [5.74, 6) is 0.792. The average Bonchev–Trinajstić information content (AvgIpc) is 2.60. The molecule has 2 N–H and O–H groups in total. The van der Waals surface area contributed by atoms with Crippen LogP contribution in [0, 0.1) is 27.7 Å². The van der Waals surface area contributed by atoms with Gasteiger partial charge in [0.1, 0.15) is 11.5 Å². The van der Waals surface area contributed by atoms with Crippen LogP contribution in [0.4, 0.5) is 0 Å². The van der Waals surface area contributed by atoms with Crippen LogP contribution in [-0.4, -0.2) is 10.2 Å². The first kappa shape index (κ1) is 20.4. The van der Waals surface area contributed by atoms with Crippen molar-refractivity contribution in [2.45, 2.75) is 79.1 Å². The molecule has 0 saturated heterocycles. The molecule has 0 aliphatic heterocycles. The van der Waals surface area contributed by atoms with Crippen molar-refractivity contribution in [2.75, 3.05) is 0 Å². The molecule has 0 aliphatic rings. The molecule has 142 valence electrons. The largest absolute Gasteiger partial charge is 0.507 e. The second-order valence-corrected chi connectivity index (χ2v) is 7.85. The first-order chi connectivity index (χ1) is 12.3. The molecule has 0 radical (unpaired) electrons. The molecule has 2 aromatic carbocycles. The molecule has 2 aromatic rings. The molecule has 0 fully saturated rings. The van der Waals surface area contributed by atoms with Gasteiger partial charge in [0, 0.05) is 5.41 Å². The Kier molecular flexibility index (Phi) is 6.39. The Morgan fingerprint density at radius 1 is 0.654 bits per heavy atom. The van der Waals surface area contributed by atoms with Crippen molar-refractivity contribution < 1.29 is 10.2 Å². The minimum atomic E-state index is -0.0861. The number of unbranched alkanes of at least 4 members (excludes halogenated alkanes) is 1. The van der Waals surface area contributed by atoms with E-state index in [0.29, 0.717) is 11.5 Å². The lowest BCUT2D eigenvalue weighted by molar-refractivity contribution is 0.410. The van der Waals surface area contributed by atoms with E-state index < -0.39 is 0 Å². The fraction of sp³-hybridized carbons (Fsp3) is 0.500. The summed E-state index contributed by atoms with van der Waals surface area (Å²) in [5.41, 5.74) is 6.22. The minimum absolute atomic E-state index is 0.0861. The standard InChI is InChI=1S/C24H34O2/c1-7-9-11-24(10-8-2,20-12-16(3)22(25)17(4)13-20)21-14-18(5)23(26)19(6)15-21/h12-15,25-26H,7-11H2,1-6H3. The fourth-order valence-electron chi connectivity index (χ4n) is 4.24. The number of phenols is 2. The third-order valence-corrected chi connectivity index (χ3v) is 5.72. The lowest BCUT2D eigenvalue weighted by atomic mass is 9.67. The van der Waals surface area contributed by atoms with Crippen LogP contribution in [-0.2, 0) is 5.41 Å². The zero-order chi connectivity index (χ0) is 19.5. The van der Waals surface area contributed by atoms with E-state index in [4.69, 9.17) is 0 Å². The van der Waals surface area contributed by atoms with Crippen molar-refractivity contribution in [1.82, 2.24) is 0 Å². The zero-order valence-corrected chi connectivity index (χ0v) is 17.2. The van der Waals surface area contributed by atoms with Crippen LogP contribution in [0.5, 0.6) is 11.5 Å². The summed E-state index contributed by atoms with van der Waals surface area (Å²) >= 11 is 0. The Morgan fingerprint density at radius 2 is 1.04 bits per heavy atom. The maximum absolute atomic E-state index is 10.3. The van der Waals surface area contributed by atoms with Gasteiger partial charge in [-0.25, -0.2) is 0 Å². The summed E-state index contributed by atoms with van der Waals surface area (Å²) in [7, 11) is 0. The van der Waals surface area contributed by atoms with Crippen LogP contribution in [0.3, 0.4) is 0 Å². The van der Waals surface area contributed by atoms with Crippen LogP contribution < -0.4 is 0 Å². The second-order valence-electron chi connectivity index (χ2n) is 7.85. The molecule has 0 amide bonds. The molecule has 0 heterocycles. The first-order valence-corrected chi connectivity index (χ1v) is 9.88. The Morgan fingerprint density at radius 3 is 1.35 bits per heavy atom. The molecule has 2 heteroatoms. The number of phenolic OH excluding ortho intramolecular Hbond substituents is 2. The summed E-state index contributed by atoms with van der Waals surface area (Å²) < 4.78 is 0. The highest BCUT2D eigenvalue weighted by atomic mass is 16.3. The number of rotatable bonds is 7. The first-order valence-electron chi connectivity index (χ1n) is 9.88. The van der Waals surface area contributed by atoms with Gasteiger partial charge in [0.2, 0.25) is 0 Å². The predicted molar refractivity (Wildman–Crippen MR) is 110 cm³/mol. The summed E-state index contributed by atoms with van der Waals surface area (Å²) in [5, 5.41) is 20.5. The fourth-order valence-corrected chi connectivity index (χ4v) is 4.24. The summed E-state index contributed by atoms with van der Waals surface area (Å²) in [6.07, 6.45) is 5.52. The molecule has 0 bridgehead atoms. The SMILES string of the molecule is CCCCC(CCC)(c1cc(C)c(O)c(C)c1)c1cc(C)c(O)c(C)c1. The van der Waals surface area contributed by atoms with E-state index >= 15 is 0 Å². The van der Waals surface area contributed by atoms with Gasteiger partial charge in [-0.15, -0.1) is 0 Å². The monoisotopic (exact) mass is 354 g/mol. The van der Waals surface area contributed by atoms with E-state index in [1.165, 1.54) is 11.1 Å². The lowest BCUT2D eigenvalue weighted by Gasteiger charge is -2.37. The summed E-state index contributed by atoms with van der Waals surface area (Å²) in [4.78, 5) is 0. The molecule has 0 aliphatic carbocycles. The molecule has 0 spiro atoms. The van der Waals surface area contributed by atoms with E-state index in [1.54, 1.807) is 0 Å². The third kappa shape index (κ3) is 3.75. The molecular weight excluding hydrogens is 320 g/mol. The van der Waals surface area contributed by atoms with Gasteiger partial charge < -0.3 is 10.2 Å². The Balaban J connectivity index is 2.77. The lowest BCUT2D eigenvalue weighted by Crippen LogP contribution is -2.28. The number of hydrogen-bond donors (Lipinski definition) is 2. The maximum Gasteiger partial charge on any atom is 0.121 e. The highest BCUT2D eigenvalue weighted by Gasteiger charge is 2.34. The highest BCUT2D eigenvalue weighted by Crippen LogP contribution is 2.44. The van der Waals surface area contributed by atoms with Gasteiger partial charge in [-0.05, 0) is 73.9 Å². The van der Waals surface area contributed by atoms with Gasteiger partial charge in [0.25, 0.3) is 0 Å². The second kappa shape index (κ2) is 8.16. The average molecular weight is 355 g/mol. The molecule has 2 nitrogen and oxygen atoms in total.